The Kier molecular flexibility index (Phi) is 4.66. The Morgan fingerprint density at radius 1 is 0.950 bits per heavy atom. The van der Waals surface area contributed by atoms with Crippen LogP contribution in [0.4, 0.5) is 0 Å². The normalized spacial score (nSPS) is 12.5. The smallest absolute Gasteiger partial charge is 0.0590 e. The van der Waals surface area contributed by atoms with Gasteiger partial charge >= 0.3 is 0 Å². The van der Waals surface area contributed by atoms with E-state index in [1.165, 1.54) is 37.9 Å². The van der Waals surface area contributed by atoms with E-state index in [4.69, 9.17) is 0 Å². The summed E-state index contributed by atoms with van der Waals surface area (Å²) in [7, 11) is 2.03. The second kappa shape index (κ2) is 6.11. The summed E-state index contributed by atoms with van der Waals surface area (Å²) in [5, 5.41) is 3.47. The molecular weight excluding hydrogens is 310 g/mol. The fourth-order valence-electron chi connectivity index (χ4n) is 2.99. The molecule has 2 aromatic rings. The minimum absolute atomic E-state index is 0.213. The molecule has 2 heteroatoms. The van der Waals surface area contributed by atoms with Crippen molar-refractivity contribution in [2.24, 2.45) is 0 Å². The average Bonchev–Trinajstić information content (AvgIpc) is 2.37. The van der Waals surface area contributed by atoms with Crippen molar-refractivity contribution < 1.29 is 0 Å². The summed E-state index contributed by atoms with van der Waals surface area (Å²) < 4.78 is 1.19. The van der Waals surface area contributed by atoms with Crippen molar-refractivity contribution in [3.05, 3.63) is 68.2 Å². The van der Waals surface area contributed by atoms with Gasteiger partial charge in [0.2, 0.25) is 0 Å². The minimum atomic E-state index is 0.213. The van der Waals surface area contributed by atoms with Gasteiger partial charge in [-0.3, -0.25) is 0 Å². The van der Waals surface area contributed by atoms with Gasteiger partial charge in [0.05, 0.1) is 6.04 Å². The Labute approximate surface area is 130 Å². The summed E-state index contributed by atoms with van der Waals surface area (Å²) in [5.41, 5.74) is 7.95. The Morgan fingerprint density at radius 2 is 1.55 bits per heavy atom. The van der Waals surface area contributed by atoms with Crippen LogP contribution in [0.2, 0.25) is 0 Å². The Bertz CT molecular complexity index is 608. The lowest BCUT2D eigenvalue weighted by atomic mass is 9.89. The lowest BCUT2D eigenvalue weighted by molar-refractivity contribution is 0.679. The summed E-state index contributed by atoms with van der Waals surface area (Å²) in [6, 6.07) is 11.2. The average molecular weight is 332 g/mol. The van der Waals surface area contributed by atoms with Crippen LogP contribution in [0, 0.1) is 27.7 Å². The van der Waals surface area contributed by atoms with Gasteiger partial charge in [-0.05, 0) is 62.6 Å². The van der Waals surface area contributed by atoms with Gasteiger partial charge in [-0.15, -0.1) is 0 Å². The zero-order chi connectivity index (χ0) is 14.9. The molecule has 0 heterocycles. The van der Waals surface area contributed by atoms with E-state index in [-0.39, 0.29) is 6.04 Å². The Balaban J connectivity index is 2.62. The number of aryl methyl sites for hydroxylation is 4. The minimum Gasteiger partial charge on any atom is -0.309 e. The van der Waals surface area contributed by atoms with E-state index in [0.29, 0.717) is 0 Å². The maximum absolute atomic E-state index is 3.74. The summed E-state index contributed by atoms with van der Waals surface area (Å²) in [4.78, 5) is 0. The zero-order valence-electron chi connectivity index (χ0n) is 12.8. The van der Waals surface area contributed by atoms with Crippen molar-refractivity contribution in [1.82, 2.24) is 5.32 Å². The molecule has 1 N–H and O–H groups in total. The van der Waals surface area contributed by atoms with Gasteiger partial charge in [0.25, 0.3) is 0 Å². The van der Waals surface area contributed by atoms with Gasteiger partial charge in [-0.25, -0.2) is 0 Å². The topological polar surface area (TPSA) is 12.0 Å². The SMILES string of the molecule is CNC(c1cccc(C)c1Br)c1c(C)cc(C)cc1C. The fraction of sp³-hybridized carbons (Fsp3) is 0.333. The largest absolute Gasteiger partial charge is 0.309 e. The molecular formula is C18H22BrN. The van der Waals surface area contributed by atoms with E-state index in [1.807, 2.05) is 7.05 Å². The van der Waals surface area contributed by atoms with Crippen molar-refractivity contribution in [1.29, 1.82) is 0 Å². The number of hydrogen-bond acceptors (Lipinski definition) is 1. The summed E-state index contributed by atoms with van der Waals surface area (Å²) in [6.45, 7) is 8.68. The van der Waals surface area contributed by atoms with Crippen molar-refractivity contribution in [2.75, 3.05) is 7.05 Å². The maximum atomic E-state index is 3.74. The van der Waals surface area contributed by atoms with Gasteiger partial charge < -0.3 is 5.32 Å². The van der Waals surface area contributed by atoms with E-state index in [9.17, 15) is 0 Å². The van der Waals surface area contributed by atoms with Crippen LogP contribution in [0.15, 0.2) is 34.8 Å². The molecule has 0 aromatic heterocycles. The first-order valence-corrected chi connectivity index (χ1v) is 7.75. The molecule has 0 fully saturated rings. The molecule has 0 aliphatic rings. The summed E-state index contributed by atoms with van der Waals surface area (Å²) in [6.07, 6.45) is 0. The number of halogens is 1. The molecule has 106 valence electrons. The molecule has 1 nitrogen and oxygen atoms in total. The number of nitrogens with one attached hydrogen (secondary N) is 1. The molecule has 0 saturated heterocycles. The molecule has 2 aromatic carbocycles. The van der Waals surface area contributed by atoms with Gasteiger partial charge in [0.15, 0.2) is 0 Å². The van der Waals surface area contributed by atoms with Crippen LogP contribution >= 0.6 is 15.9 Å². The fourth-order valence-corrected chi connectivity index (χ4v) is 3.49. The number of rotatable bonds is 3. The highest BCUT2D eigenvalue weighted by molar-refractivity contribution is 9.10. The molecule has 0 bridgehead atoms. The second-order valence-electron chi connectivity index (χ2n) is 5.51. The molecule has 0 aliphatic heterocycles. The van der Waals surface area contributed by atoms with Crippen LogP contribution in [0.1, 0.15) is 39.4 Å². The highest BCUT2D eigenvalue weighted by Gasteiger charge is 2.19. The van der Waals surface area contributed by atoms with E-state index < -0.39 is 0 Å². The molecule has 0 spiro atoms. The van der Waals surface area contributed by atoms with Crippen molar-refractivity contribution in [2.45, 2.75) is 33.7 Å². The second-order valence-corrected chi connectivity index (χ2v) is 6.31. The lowest BCUT2D eigenvalue weighted by Gasteiger charge is -2.24. The predicted octanol–water partition coefficient (Wildman–Crippen LogP) is 4.99. The zero-order valence-corrected chi connectivity index (χ0v) is 14.4. The molecule has 0 amide bonds. The van der Waals surface area contributed by atoms with Crippen LogP contribution in [0.5, 0.6) is 0 Å². The van der Waals surface area contributed by atoms with Gasteiger partial charge in [-0.2, -0.15) is 0 Å². The molecule has 0 radical (unpaired) electrons. The van der Waals surface area contributed by atoms with E-state index in [2.05, 4.69) is 79.3 Å². The quantitative estimate of drug-likeness (QED) is 0.835. The number of hydrogen-bond donors (Lipinski definition) is 1. The predicted molar refractivity (Wildman–Crippen MR) is 90.4 cm³/mol. The molecule has 1 unspecified atom stereocenters. The van der Waals surface area contributed by atoms with Crippen molar-refractivity contribution in [3.8, 4) is 0 Å². The highest BCUT2D eigenvalue weighted by Crippen LogP contribution is 2.34. The van der Waals surface area contributed by atoms with E-state index in [1.54, 1.807) is 0 Å². The monoisotopic (exact) mass is 331 g/mol. The van der Waals surface area contributed by atoms with Crippen LogP contribution < -0.4 is 5.32 Å². The standard InChI is InChI=1S/C18H22BrN/c1-11-9-13(3)16(14(4)10-11)18(20-5)15-8-6-7-12(2)17(15)19/h6-10,18,20H,1-5H3. The van der Waals surface area contributed by atoms with E-state index >= 15 is 0 Å². The first-order valence-electron chi connectivity index (χ1n) is 6.95. The third-order valence-corrected chi connectivity index (χ3v) is 4.93. The van der Waals surface area contributed by atoms with Gasteiger partial charge in [0, 0.05) is 4.47 Å². The Morgan fingerprint density at radius 3 is 2.10 bits per heavy atom. The molecule has 2 rings (SSSR count). The molecule has 0 aliphatic carbocycles. The van der Waals surface area contributed by atoms with Gasteiger partial charge in [0.1, 0.15) is 0 Å². The summed E-state index contributed by atoms with van der Waals surface area (Å²) in [5.74, 6) is 0. The first kappa shape index (κ1) is 15.3. The van der Waals surface area contributed by atoms with Crippen LogP contribution in [0.3, 0.4) is 0 Å². The van der Waals surface area contributed by atoms with Crippen LogP contribution in [0.25, 0.3) is 0 Å². The third kappa shape index (κ3) is 2.82. The first-order chi connectivity index (χ1) is 9.45. The molecule has 20 heavy (non-hydrogen) atoms. The molecule has 0 saturated carbocycles. The third-order valence-electron chi connectivity index (χ3n) is 3.85. The van der Waals surface area contributed by atoms with Gasteiger partial charge in [-0.1, -0.05) is 51.8 Å². The summed E-state index contributed by atoms with van der Waals surface area (Å²) >= 11 is 3.74. The number of benzene rings is 2. The van der Waals surface area contributed by atoms with Crippen LogP contribution in [-0.4, -0.2) is 7.05 Å². The maximum Gasteiger partial charge on any atom is 0.0590 e. The molecule has 1 atom stereocenters. The highest BCUT2D eigenvalue weighted by atomic mass is 79.9. The van der Waals surface area contributed by atoms with E-state index in [0.717, 1.165) is 0 Å². The Hall–Kier alpha value is -1.12. The van der Waals surface area contributed by atoms with Crippen LogP contribution in [-0.2, 0) is 0 Å². The van der Waals surface area contributed by atoms with Crippen molar-refractivity contribution >= 4 is 15.9 Å². The lowest BCUT2D eigenvalue weighted by Crippen LogP contribution is -2.20. The van der Waals surface area contributed by atoms with Crippen molar-refractivity contribution in [3.63, 3.8) is 0 Å².